The molecule has 4 nitrogen and oxygen atoms in total. The lowest BCUT2D eigenvalue weighted by atomic mass is 10.1. The molecule has 0 aliphatic carbocycles. The Kier molecular flexibility index (Phi) is 4.97. The van der Waals surface area contributed by atoms with Crippen LogP contribution in [0.1, 0.15) is 17.5 Å². The van der Waals surface area contributed by atoms with Gasteiger partial charge in [0.1, 0.15) is 0 Å². The molecule has 1 atom stereocenters. The van der Waals surface area contributed by atoms with Crippen molar-refractivity contribution in [1.29, 1.82) is 0 Å². The smallest absolute Gasteiger partial charge is 0.338 e. The van der Waals surface area contributed by atoms with Crippen LogP contribution < -0.4 is 5.32 Å². The summed E-state index contributed by atoms with van der Waals surface area (Å²) in [5, 5.41) is 2.48. The van der Waals surface area contributed by atoms with Gasteiger partial charge in [-0.15, -0.1) is 0 Å². The lowest BCUT2D eigenvalue weighted by Crippen LogP contribution is -2.28. The number of anilines is 1. The second-order valence-electron chi connectivity index (χ2n) is 6.23. The molecule has 2 amide bonds. The summed E-state index contributed by atoms with van der Waals surface area (Å²) >= 11 is 0. The number of hydrogen-bond acceptors (Lipinski definition) is 2. The number of halogens is 3. The van der Waals surface area contributed by atoms with Gasteiger partial charge < -0.3 is 10.2 Å². The van der Waals surface area contributed by atoms with Crippen LogP contribution in [0.2, 0.25) is 0 Å². The predicted octanol–water partition coefficient (Wildman–Crippen LogP) is 3.69. The van der Waals surface area contributed by atoms with Crippen LogP contribution in [-0.4, -0.2) is 23.3 Å². The number of rotatable bonds is 4. The molecule has 2 aromatic rings. The summed E-state index contributed by atoms with van der Waals surface area (Å²) in [6, 6.07) is 13.9. The summed E-state index contributed by atoms with van der Waals surface area (Å²) in [6.07, 6.45) is -4.42. The van der Waals surface area contributed by atoms with Crippen LogP contribution in [0.5, 0.6) is 0 Å². The minimum atomic E-state index is -4.48. The molecule has 7 heteroatoms. The molecule has 1 aliphatic rings. The molecule has 1 unspecified atom stereocenters. The van der Waals surface area contributed by atoms with E-state index in [-0.39, 0.29) is 24.6 Å². The third kappa shape index (κ3) is 4.22. The highest BCUT2D eigenvalue weighted by Crippen LogP contribution is 2.31. The topological polar surface area (TPSA) is 49.4 Å². The van der Waals surface area contributed by atoms with Crippen molar-refractivity contribution in [1.82, 2.24) is 4.90 Å². The van der Waals surface area contributed by atoms with Crippen LogP contribution in [-0.2, 0) is 22.3 Å². The fourth-order valence-electron chi connectivity index (χ4n) is 2.92. The van der Waals surface area contributed by atoms with Gasteiger partial charge in [-0.1, -0.05) is 36.4 Å². The molecule has 2 aromatic carbocycles. The number of nitrogens with zero attached hydrogens (tertiary/aromatic N) is 1. The Balaban J connectivity index is 1.63. The Labute approximate surface area is 148 Å². The molecule has 1 fully saturated rings. The molecule has 1 N–H and O–H groups in total. The predicted molar refractivity (Wildman–Crippen MR) is 90.0 cm³/mol. The summed E-state index contributed by atoms with van der Waals surface area (Å²) in [6.45, 7) is 0.658. The number of amides is 2. The molecule has 1 saturated heterocycles. The maximum Gasteiger partial charge on any atom is 0.416 e. The second-order valence-corrected chi connectivity index (χ2v) is 6.23. The van der Waals surface area contributed by atoms with Crippen LogP contribution in [0.3, 0.4) is 0 Å². The molecular formula is C19H17F3N2O2. The van der Waals surface area contributed by atoms with Crippen molar-refractivity contribution in [2.75, 3.05) is 11.9 Å². The summed E-state index contributed by atoms with van der Waals surface area (Å²) < 4.78 is 38.3. The number of nitrogens with one attached hydrogen (secondary N) is 1. The Bertz CT molecular complexity index is 806. The highest BCUT2D eigenvalue weighted by Gasteiger charge is 2.35. The van der Waals surface area contributed by atoms with E-state index in [1.165, 1.54) is 12.1 Å². The first-order chi connectivity index (χ1) is 12.3. The summed E-state index contributed by atoms with van der Waals surface area (Å²) in [4.78, 5) is 26.1. The number of hydrogen-bond donors (Lipinski definition) is 1. The van der Waals surface area contributed by atoms with E-state index in [9.17, 15) is 22.8 Å². The van der Waals surface area contributed by atoms with Gasteiger partial charge in [-0.3, -0.25) is 9.59 Å². The zero-order valence-corrected chi connectivity index (χ0v) is 13.8. The van der Waals surface area contributed by atoms with Gasteiger partial charge in [0.25, 0.3) is 0 Å². The molecule has 1 aliphatic heterocycles. The van der Waals surface area contributed by atoms with Gasteiger partial charge in [0.2, 0.25) is 11.8 Å². The number of likely N-dealkylation sites (tertiary alicyclic amines) is 1. The van der Waals surface area contributed by atoms with E-state index < -0.39 is 23.6 Å². The Morgan fingerprint density at radius 3 is 2.54 bits per heavy atom. The van der Waals surface area contributed by atoms with Crippen molar-refractivity contribution in [3.63, 3.8) is 0 Å². The van der Waals surface area contributed by atoms with Crippen molar-refractivity contribution in [2.24, 2.45) is 5.92 Å². The lowest BCUT2D eigenvalue weighted by Gasteiger charge is -2.17. The van der Waals surface area contributed by atoms with E-state index in [4.69, 9.17) is 0 Å². The van der Waals surface area contributed by atoms with Gasteiger partial charge in [-0.25, -0.2) is 0 Å². The van der Waals surface area contributed by atoms with Gasteiger partial charge in [0.05, 0.1) is 11.5 Å². The zero-order valence-electron chi connectivity index (χ0n) is 13.8. The van der Waals surface area contributed by atoms with E-state index in [1.807, 2.05) is 30.3 Å². The molecule has 3 rings (SSSR count). The first kappa shape index (κ1) is 18.0. The first-order valence-corrected chi connectivity index (χ1v) is 8.13. The summed E-state index contributed by atoms with van der Waals surface area (Å²) in [5.41, 5.74) is 0.196. The maximum absolute atomic E-state index is 12.8. The van der Waals surface area contributed by atoms with Crippen LogP contribution in [0.15, 0.2) is 54.6 Å². The number of carbonyl (C=O) groups is 2. The van der Waals surface area contributed by atoms with Crippen LogP contribution in [0.4, 0.5) is 18.9 Å². The quantitative estimate of drug-likeness (QED) is 0.902. The van der Waals surface area contributed by atoms with E-state index in [0.29, 0.717) is 6.54 Å². The number of alkyl halides is 3. The minimum Gasteiger partial charge on any atom is -0.338 e. The monoisotopic (exact) mass is 362 g/mol. The normalized spacial score (nSPS) is 17.4. The van der Waals surface area contributed by atoms with Crippen LogP contribution >= 0.6 is 0 Å². The maximum atomic E-state index is 12.8. The van der Waals surface area contributed by atoms with Crippen LogP contribution in [0.25, 0.3) is 0 Å². The molecule has 0 bridgehead atoms. The fraction of sp³-hybridized carbons (Fsp3) is 0.263. The molecule has 0 radical (unpaired) electrons. The molecule has 0 saturated carbocycles. The van der Waals surface area contributed by atoms with E-state index in [0.717, 1.165) is 17.7 Å². The van der Waals surface area contributed by atoms with E-state index in [2.05, 4.69) is 5.32 Å². The average molecular weight is 362 g/mol. The Morgan fingerprint density at radius 1 is 1.12 bits per heavy atom. The Morgan fingerprint density at radius 2 is 1.85 bits per heavy atom. The van der Waals surface area contributed by atoms with Gasteiger partial charge >= 0.3 is 6.18 Å². The van der Waals surface area contributed by atoms with Crippen molar-refractivity contribution in [3.8, 4) is 0 Å². The van der Waals surface area contributed by atoms with Gasteiger partial charge in [-0.05, 0) is 23.8 Å². The zero-order chi connectivity index (χ0) is 18.7. The summed E-state index contributed by atoms with van der Waals surface area (Å²) in [5.74, 6) is -1.17. The standard InChI is InChI=1S/C19H17F3N2O2/c20-19(21,22)15-7-4-8-16(10-15)23-18(26)14-9-17(25)24(12-14)11-13-5-2-1-3-6-13/h1-8,10,14H,9,11-12H2,(H,23,26). The largest absolute Gasteiger partial charge is 0.416 e. The van der Waals surface area contributed by atoms with E-state index >= 15 is 0 Å². The molecule has 136 valence electrons. The second kappa shape index (κ2) is 7.19. The third-order valence-corrected chi connectivity index (χ3v) is 4.26. The SMILES string of the molecule is O=C(Nc1cccc(C(F)(F)F)c1)C1CC(=O)N(Cc2ccccc2)C1. The first-order valence-electron chi connectivity index (χ1n) is 8.13. The van der Waals surface area contributed by atoms with Crippen molar-refractivity contribution >= 4 is 17.5 Å². The van der Waals surface area contributed by atoms with Gasteiger partial charge in [-0.2, -0.15) is 13.2 Å². The average Bonchev–Trinajstić information content (AvgIpc) is 2.96. The van der Waals surface area contributed by atoms with Gasteiger partial charge in [0, 0.05) is 25.2 Å². The third-order valence-electron chi connectivity index (χ3n) is 4.26. The highest BCUT2D eigenvalue weighted by atomic mass is 19.4. The van der Waals surface area contributed by atoms with E-state index in [1.54, 1.807) is 4.90 Å². The molecule has 1 heterocycles. The van der Waals surface area contributed by atoms with Crippen LogP contribution in [0, 0.1) is 5.92 Å². The lowest BCUT2D eigenvalue weighted by molar-refractivity contribution is -0.137. The molecule has 26 heavy (non-hydrogen) atoms. The molecular weight excluding hydrogens is 345 g/mol. The van der Waals surface area contributed by atoms with Crippen molar-refractivity contribution in [2.45, 2.75) is 19.1 Å². The number of benzene rings is 2. The van der Waals surface area contributed by atoms with Crippen molar-refractivity contribution < 1.29 is 22.8 Å². The number of carbonyl (C=O) groups excluding carboxylic acids is 2. The summed E-state index contributed by atoms with van der Waals surface area (Å²) in [7, 11) is 0. The minimum absolute atomic E-state index is 0.0532. The molecule has 0 spiro atoms. The van der Waals surface area contributed by atoms with Crippen molar-refractivity contribution in [3.05, 3.63) is 65.7 Å². The highest BCUT2D eigenvalue weighted by molar-refractivity contribution is 5.97. The fourth-order valence-corrected chi connectivity index (χ4v) is 2.92. The Hall–Kier alpha value is -2.83. The van der Waals surface area contributed by atoms with Gasteiger partial charge in [0.15, 0.2) is 0 Å². The molecule has 0 aromatic heterocycles.